The Labute approximate surface area is 155 Å². The Morgan fingerprint density at radius 1 is 1.07 bits per heavy atom. The van der Waals surface area contributed by atoms with Crippen molar-refractivity contribution in [2.75, 3.05) is 13.8 Å². The second-order valence-corrected chi connectivity index (χ2v) is 6.04. The first-order valence-corrected chi connectivity index (χ1v) is 8.42. The molecule has 5 nitrogen and oxygen atoms in total. The number of aromatic nitrogens is 1. The molecule has 0 saturated carbocycles. The molecule has 0 saturated heterocycles. The van der Waals surface area contributed by atoms with Gasteiger partial charge < -0.3 is 14.0 Å². The Morgan fingerprint density at radius 2 is 1.81 bits per heavy atom. The van der Waals surface area contributed by atoms with Gasteiger partial charge in [0.05, 0.1) is 11.4 Å². The smallest absolute Gasteiger partial charge is 0.417 e. The highest BCUT2D eigenvalue weighted by molar-refractivity contribution is 5.90. The highest BCUT2D eigenvalue weighted by atomic mass is 18.2. The number of rotatable bonds is 3. The van der Waals surface area contributed by atoms with Gasteiger partial charge >= 0.3 is 6.09 Å². The van der Waals surface area contributed by atoms with Crippen LogP contribution >= 0.6 is 0 Å². The molecule has 2 heterocycles. The van der Waals surface area contributed by atoms with Crippen molar-refractivity contribution >= 4 is 17.6 Å². The number of para-hydroxylation sites is 2. The molecule has 0 aliphatic carbocycles. The zero-order valence-electron chi connectivity index (χ0n) is 14.6. The van der Waals surface area contributed by atoms with Crippen LogP contribution in [0.1, 0.15) is 11.3 Å². The number of carbonyl (C=O) groups is 1. The average molecular weight is 363 g/mol. The van der Waals surface area contributed by atoms with E-state index in [0.29, 0.717) is 17.2 Å². The fraction of sp³-hybridized carbons (Fsp3) is 0.0952. The molecule has 0 unspecified atom stereocenters. The summed E-state index contributed by atoms with van der Waals surface area (Å²) < 4.78 is 26.6. The molecule has 1 aliphatic heterocycles. The maximum atomic E-state index is 12.9. The van der Waals surface area contributed by atoms with Gasteiger partial charge in [0.25, 0.3) is 0 Å². The van der Waals surface area contributed by atoms with Crippen LogP contribution in [0.4, 0.5) is 9.18 Å². The van der Waals surface area contributed by atoms with Crippen molar-refractivity contribution in [2.24, 2.45) is 0 Å². The van der Waals surface area contributed by atoms with Crippen LogP contribution in [-0.4, -0.2) is 29.4 Å². The van der Waals surface area contributed by atoms with Gasteiger partial charge in [-0.1, -0.05) is 42.5 Å². The number of benzene rings is 2. The van der Waals surface area contributed by atoms with Crippen LogP contribution in [-0.2, 0) is 4.74 Å². The predicted molar refractivity (Wildman–Crippen MR) is 99.9 cm³/mol. The molecule has 0 radical (unpaired) electrons. The average Bonchev–Trinajstić information content (AvgIpc) is 3.15. The van der Waals surface area contributed by atoms with Crippen LogP contribution in [0, 0.1) is 0 Å². The first-order chi connectivity index (χ1) is 13.2. The summed E-state index contributed by atoms with van der Waals surface area (Å²) in [5.41, 5.74) is 2.20. The van der Waals surface area contributed by atoms with Crippen molar-refractivity contribution in [3.05, 3.63) is 84.2 Å². The number of nitrogens with zero attached hydrogens (tertiary/aromatic N) is 2. The summed E-state index contributed by atoms with van der Waals surface area (Å²) in [6.45, 7) is -0.950. The second-order valence-electron chi connectivity index (χ2n) is 6.04. The minimum absolute atomic E-state index is 0.229. The van der Waals surface area contributed by atoms with E-state index in [2.05, 4.69) is 0 Å². The lowest BCUT2D eigenvalue weighted by Gasteiger charge is -2.17. The third-order valence-electron chi connectivity index (χ3n) is 4.24. The minimum Gasteiger partial charge on any atom is -0.451 e. The SMILES string of the molecule is CN(C[18F])C(=O)OC1=C(c2ccccc2)Oc2ccccc2-n2cccc21. The van der Waals surface area contributed by atoms with Crippen molar-refractivity contribution in [1.82, 2.24) is 9.47 Å². The van der Waals surface area contributed by atoms with Gasteiger partial charge in [0.2, 0.25) is 0 Å². The van der Waals surface area contributed by atoms with Gasteiger partial charge in [-0.3, -0.25) is 4.90 Å². The maximum absolute atomic E-state index is 12.9. The highest BCUT2D eigenvalue weighted by Gasteiger charge is 2.27. The van der Waals surface area contributed by atoms with Crippen molar-refractivity contribution < 1.29 is 18.7 Å². The summed E-state index contributed by atoms with van der Waals surface area (Å²) in [5, 5.41) is 0. The van der Waals surface area contributed by atoms with E-state index in [0.717, 1.165) is 16.2 Å². The molecule has 1 aliphatic rings. The summed E-state index contributed by atoms with van der Waals surface area (Å²) >= 11 is 0. The first kappa shape index (κ1) is 16.9. The molecule has 0 atom stereocenters. The predicted octanol–water partition coefficient (Wildman–Crippen LogP) is 4.69. The topological polar surface area (TPSA) is 43.7 Å². The maximum Gasteiger partial charge on any atom is 0.417 e. The molecule has 6 heteroatoms. The van der Waals surface area contributed by atoms with E-state index < -0.39 is 12.9 Å². The van der Waals surface area contributed by atoms with Gasteiger partial charge in [0.15, 0.2) is 24.1 Å². The van der Waals surface area contributed by atoms with E-state index in [9.17, 15) is 9.18 Å². The molecule has 0 fully saturated rings. The fourth-order valence-corrected chi connectivity index (χ4v) is 2.88. The lowest BCUT2D eigenvalue weighted by atomic mass is 10.1. The van der Waals surface area contributed by atoms with E-state index in [-0.39, 0.29) is 5.76 Å². The van der Waals surface area contributed by atoms with Gasteiger partial charge in [-0.25, -0.2) is 9.18 Å². The lowest BCUT2D eigenvalue weighted by Crippen LogP contribution is -2.26. The molecule has 0 bridgehead atoms. The molecule has 4 rings (SSSR count). The monoisotopic (exact) mass is 363 g/mol. The Bertz CT molecular complexity index is 1010. The zero-order valence-corrected chi connectivity index (χ0v) is 14.6. The largest absolute Gasteiger partial charge is 0.451 e. The normalized spacial score (nSPS) is 12.5. The van der Waals surface area contributed by atoms with Crippen LogP contribution in [0.2, 0.25) is 0 Å². The first-order valence-electron chi connectivity index (χ1n) is 8.42. The minimum atomic E-state index is -0.950. The van der Waals surface area contributed by atoms with Crippen LogP contribution in [0.5, 0.6) is 5.75 Å². The lowest BCUT2D eigenvalue weighted by molar-refractivity contribution is 0.135. The van der Waals surface area contributed by atoms with Crippen molar-refractivity contribution in [1.29, 1.82) is 0 Å². The number of hydrogen-bond acceptors (Lipinski definition) is 3. The van der Waals surface area contributed by atoms with Crippen molar-refractivity contribution in [2.45, 2.75) is 0 Å². The van der Waals surface area contributed by atoms with Crippen molar-refractivity contribution in [3.8, 4) is 11.4 Å². The molecule has 1 aromatic heterocycles. The van der Waals surface area contributed by atoms with E-state index in [1.807, 2.05) is 77.5 Å². The molecule has 136 valence electrons. The Hall–Kier alpha value is -3.54. The number of fused-ring (bicyclic) bond motifs is 3. The highest BCUT2D eigenvalue weighted by Crippen LogP contribution is 2.38. The third kappa shape index (κ3) is 3.06. The van der Waals surface area contributed by atoms with Gasteiger partial charge in [0.1, 0.15) is 0 Å². The second kappa shape index (κ2) is 6.99. The van der Waals surface area contributed by atoms with E-state index in [4.69, 9.17) is 9.47 Å². The number of ether oxygens (including phenoxy) is 2. The van der Waals surface area contributed by atoms with Crippen LogP contribution in [0.15, 0.2) is 72.9 Å². The third-order valence-corrected chi connectivity index (χ3v) is 4.24. The molecule has 3 aromatic rings. The summed E-state index contributed by atoms with van der Waals surface area (Å²) in [5.74, 6) is 1.24. The number of hydrogen-bond donors (Lipinski definition) is 0. The number of carbonyl (C=O) groups excluding carboxylic acids is 1. The van der Waals surface area contributed by atoms with Crippen LogP contribution in [0.3, 0.4) is 0 Å². The molecule has 1 amide bonds. The van der Waals surface area contributed by atoms with Gasteiger partial charge in [-0.2, -0.15) is 0 Å². The zero-order chi connectivity index (χ0) is 18.8. The van der Waals surface area contributed by atoms with Gasteiger partial charge in [-0.05, 0) is 24.3 Å². The molecular weight excluding hydrogens is 346 g/mol. The molecular formula is C21H17FN2O3. The number of amides is 1. The summed E-state index contributed by atoms with van der Waals surface area (Å²) in [7, 11) is 1.33. The fourth-order valence-electron chi connectivity index (χ4n) is 2.88. The van der Waals surface area contributed by atoms with Gasteiger partial charge in [0, 0.05) is 18.8 Å². The van der Waals surface area contributed by atoms with Crippen molar-refractivity contribution in [3.63, 3.8) is 0 Å². The standard InChI is InChI=1S/C21H17FN2O3/c1-23(14-22)21(25)27-20-17-11-7-13-24(17)16-10-5-6-12-18(16)26-19(20)15-8-3-2-4-9-15/h2-13H,14H2,1H3/i22-1. The summed E-state index contributed by atoms with van der Waals surface area (Å²) in [4.78, 5) is 13.1. The quantitative estimate of drug-likeness (QED) is 0.634. The molecule has 2 aromatic carbocycles. The van der Waals surface area contributed by atoms with Crippen LogP contribution < -0.4 is 4.74 Å². The van der Waals surface area contributed by atoms with Crippen LogP contribution in [0.25, 0.3) is 17.2 Å². The number of alkyl halides is 1. The van der Waals surface area contributed by atoms with Gasteiger partial charge in [-0.15, -0.1) is 0 Å². The van der Waals surface area contributed by atoms with E-state index in [1.165, 1.54) is 7.05 Å². The van der Waals surface area contributed by atoms with E-state index in [1.54, 1.807) is 0 Å². The molecule has 27 heavy (non-hydrogen) atoms. The Morgan fingerprint density at radius 3 is 2.59 bits per heavy atom. The number of halogens is 1. The Kier molecular flexibility index (Phi) is 4.38. The summed E-state index contributed by atoms with van der Waals surface area (Å²) in [6, 6.07) is 20.6. The van der Waals surface area contributed by atoms with E-state index >= 15 is 0 Å². The molecule has 0 spiro atoms. The summed E-state index contributed by atoms with van der Waals surface area (Å²) in [6.07, 6.45) is 1.06. The Balaban J connectivity index is 1.93. The molecule has 0 N–H and O–H groups in total.